The van der Waals surface area contributed by atoms with Crippen molar-refractivity contribution in [3.05, 3.63) is 70.5 Å². The van der Waals surface area contributed by atoms with Gasteiger partial charge in [-0.05, 0) is 48.1 Å². The molecule has 3 heteroatoms. The van der Waals surface area contributed by atoms with Crippen LogP contribution in [0, 0.1) is 11.7 Å². The van der Waals surface area contributed by atoms with Crippen molar-refractivity contribution in [1.29, 1.82) is 0 Å². The third-order valence-electron chi connectivity index (χ3n) is 4.22. The monoisotopic (exact) mass is 303 g/mol. The van der Waals surface area contributed by atoms with Crippen molar-refractivity contribution in [2.24, 2.45) is 5.92 Å². The van der Waals surface area contributed by atoms with Crippen LogP contribution in [0.1, 0.15) is 36.4 Å². The number of halogens is 2. The Morgan fingerprint density at radius 3 is 2.67 bits per heavy atom. The van der Waals surface area contributed by atoms with Crippen LogP contribution in [0.4, 0.5) is 4.39 Å². The summed E-state index contributed by atoms with van der Waals surface area (Å²) in [5.74, 6) is 0.746. The van der Waals surface area contributed by atoms with Crippen molar-refractivity contribution in [3.8, 4) is 0 Å². The van der Waals surface area contributed by atoms with E-state index in [1.165, 1.54) is 5.56 Å². The van der Waals surface area contributed by atoms with E-state index in [9.17, 15) is 4.39 Å². The number of hydrogen-bond acceptors (Lipinski definition) is 1. The first-order chi connectivity index (χ1) is 10.2. The average Bonchev–Trinajstić information content (AvgIpc) is 3.29. The second-order valence-electron chi connectivity index (χ2n) is 5.63. The summed E-state index contributed by atoms with van der Waals surface area (Å²) in [5.41, 5.74) is 2.36. The lowest BCUT2D eigenvalue weighted by Gasteiger charge is -2.19. The maximum Gasteiger partial charge on any atom is 0.142 e. The molecule has 1 N–H and O–H groups in total. The summed E-state index contributed by atoms with van der Waals surface area (Å²) in [5, 5.41) is 3.68. The predicted molar refractivity (Wildman–Crippen MR) is 85.1 cm³/mol. The molecule has 1 nitrogen and oxygen atoms in total. The van der Waals surface area contributed by atoms with Crippen LogP contribution >= 0.6 is 11.6 Å². The molecule has 0 bridgehead atoms. The highest BCUT2D eigenvalue weighted by Gasteiger charge is 2.44. The van der Waals surface area contributed by atoms with Gasteiger partial charge in [0, 0.05) is 6.04 Å². The second-order valence-corrected chi connectivity index (χ2v) is 6.03. The highest BCUT2D eigenvalue weighted by molar-refractivity contribution is 6.30. The van der Waals surface area contributed by atoms with Gasteiger partial charge in [0.2, 0.25) is 0 Å². The maximum absolute atomic E-state index is 13.7. The molecule has 1 aliphatic rings. The molecule has 3 unspecified atom stereocenters. The third-order valence-corrected chi connectivity index (χ3v) is 4.53. The SMILES string of the molecule is CCNC(c1ccc(Cl)c(F)c1)C1CC1c1ccccc1. The fourth-order valence-corrected chi connectivity index (χ4v) is 3.23. The smallest absolute Gasteiger partial charge is 0.142 e. The quantitative estimate of drug-likeness (QED) is 0.825. The van der Waals surface area contributed by atoms with Crippen molar-refractivity contribution in [3.63, 3.8) is 0 Å². The van der Waals surface area contributed by atoms with Crippen LogP contribution in [-0.4, -0.2) is 6.54 Å². The summed E-state index contributed by atoms with van der Waals surface area (Å²) >= 11 is 5.79. The van der Waals surface area contributed by atoms with Crippen molar-refractivity contribution < 1.29 is 4.39 Å². The zero-order valence-electron chi connectivity index (χ0n) is 12.0. The van der Waals surface area contributed by atoms with Gasteiger partial charge in [-0.3, -0.25) is 0 Å². The van der Waals surface area contributed by atoms with Crippen molar-refractivity contribution in [2.75, 3.05) is 6.54 Å². The molecular formula is C18H19ClFN. The maximum atomic E-state index is 13.7. The Labute approximate surface area is 130 Å². The van der Waals surface area contributed by atoms with E-state index < -0.39 is 0 Å². The number of hydrogen-bond donors (Lipinski definition) is 1. The number of nitrogens with one attached hydrogen (secondary N) is 1. The Morgan fingerprint density at radius 1 is 1.24 bits per heavy atom. The lowest BCUT2D eigenvalue weighted by atomic mass is 9.98. The van der Waals surface area contributed by atoms with Crippen LogP contribution < -0.4 is 5.32 Å². The van der Waals surface area contributed by atoms with Gasteiger partial charge in [0.1, 0.15) is 5.82 Å². The summed E-state index contributed by atoms with van der Waals surface area (Å²) in [7, 11) is 0. The minimum Gasteiger partial charge on any atom is -0.310 e. The molecule has 110 valence electrons. The van der Waals surface area contributed by atoms with Crippen molar-refractivity contribution in [1.82, 2.24) is 5.32 Å². The molecule has 0 heterocycles. The van der Waals surface area contributed by atoms with Gasteiger partial charge in [-0.2, -0.15) is 0 Å². The van der Waals surface area contributed by atoms with Gasteiger partial charge in [-0.15, -0.1) is 0 Å². The van der Waals surface area contributed by atoms with E-state index in [0.717, 1.165) is 18.5 Å². The van der Waals surface area contributed by atoms with Crippen LogP contribution in [0.5, 0.6) is 0 Å². The van der Waals surface area contributed by atoms with E-state index in [0.29, 0.717) is 11.8 Å². The minimum atomic E-state index is -0.339. The Kier molecular flexibility index (Phi) is 4.27. The predicted octanol–water partition coefficient (Wildman–Crippen LogP) is 4.93. The van der Waals surface area contributed by atoms with Gasteiger partial charge in [-0.25, -0.2) is 4.39 Å². The van der Waals surface area contributed by atoms with Gasteiger partial charge >= 0.3 is 0 Å². The normalized spacial score (nSPS) is 22.0. The second kappa shape index (κ2) is 6.17. The molecule has 0 amide bonds. The molecule has 0 aliphatic heterocycles. The first kappa shape index (κ1) is 14.6. The Hall–Kier alpha value is -1.38. The summed E-state index contributed by atoms with van der Waals surface area (Å²) in [6.45, 7) is 2.95. The lowest BCUT2D eigenvalue weighted by molar-refractivity contribution is 0.483. The molecule has 0 saturated heterocycles. The van der Waals surface area contributed by atoms with Gasteiger partial charge in [0.15, 0.2) is 0 Å². The minimum absolute atomic E-state index is 0.185. The van der Waals surface area contributed by atoms with E-state index in [-0.39, 0.29) is 16.9 Å². The van der Waals surface area contributed by atoms with Crippen molar-refractivity contribution >= 4 is 11.6 Å². The summed E-state index contributed by atoms with van der Waals surface area (Å²) in [6, 6.07) is 15.9. The summed E-state index contributed by atoms with van der Waals surface area (Å²) in [6.07, 6.45) is 1.14. The fourth-order valence-electron chi connectivity index (χ4n) is 3.11. The summed E-state index contributed by atoms with van der Waals surface area (Å²) in [4.78, 5) is 0. The average molecular weight is 304 g/mol. The zero-order chi connectivity index (χ0) is 14.8. The summed E-state index contributed by atoms with van der Waals surface area (Å²) < 4.78 is 13.7. The largest absolute Gasteiger partial charge is 0.310 e. The first-order valence-corrected chi connectivity index (χ1v) is 7.81. The molecule has 21 heavy (non-hydrogen) atoms. The van der Waals surface area contributed by atoms with Crippen LogP contribution in [-0.2, 0) is 0 Å². The number of rotatable bonds is 5. The molecule has 0 spiro atoms. The Morgan fingerprint density at radius 2 is 2.00 bits per heavy atom. The zero-order valence-corrected chi connectivity index (χ0v) is 12.8. The standard InChI is InChI=1S/C18H19ClFN/c1-2-21-18(13-8-9-16(19)17(20)10-13)15-11-14(15)12-6-4-3-5-7-12/h3-10,14-15,18,21H,2,11H2,1H3. The van der Waals surface area contributed by atoms with Crippen LogP contribution in [0.3, 0.4) is 0 Å². The topological polar surface area (TPSA) is 12.0 Å². The van der Waals surface area contributed by atoms with Gasteiger partial charge in [0.05, 0.1) is 5.02 Å². The molecular weight excluding hydrogens is 285 g/mol. The van der Waals surface area contributed by atoms with E-state index in [2.05, 4.69) is 36.5 Å². The van der Waals surface area contributed by atoms with E-state index >= 15 is 0 Å². The number of benzene rings is 2. The van der Waals surface area contributed by atoms with Crippen LogP contribution in [0.25, 0.3) is 0 Å². The molecule has 2 aromatic carbocycles. The van der Waals surface area contributed by atoms with E-state index in [4.69, 9.17) is 11.6 Å². The van der Waals surface area contributed by atoms with Crippen LogP contribution in [0.2, 0.25) is 5.02 Å². The molecule has 1 fully saturated rings. The van der Waals surface area contributed by atoms with Gasteiger partial charge < -0.3 is 5.32 Å². The van der Waals surface area contributed by atoms with Crippen LogP contribution in [0.15, 0.2) is 48.5 Å². The Bertz CT molecular complexity index is 614. The molecule has 0 aromatic heterocycles. The third kappa shape index (κ3) is 3.12. The molecule has 1 aliphatic carbocycles. The van der Waals surface area contributed by atoms with Crippen molar-refractivity contribution in [2.45, 2.75) is 25.3 Å². The lowest BCUT2D eigenvalue weighted by Crippen LogP contribution is -2.23. The molecule has 3 atom stereocenters. The van der Waals surface area contributed by atoms with Gasteiger partial charge in [-0.1, -0.05) is 54.9 Å². The highest BCUT2D eigenvalue weighted by atomic mass is 35.5. The molecule has 0 radical (unpaired) electrons. The fraction of sp³-hybridized carbons (Fsp3) is 0.333. The van der Waals surface area contributed by atoms with E-state index in [1.54, 1.807) is 12.1 Å². The highest BCUT2D eigenvalue weighted by Crippen LogP contribution is 2.54. The molecule has 2 aromatic rings. The molecule has 3 rings (SSSR count). The van der Waals surface area contributed by atoms with E-state index in [1.807, 2.05) is 12.1 Å². The Balaban J connectivity index is 1.81. The first-order valence-electron chi connectivity index (χ1n) is 7.44. The van der Waals surface area contributed by atoms with Gasteiger partial charge in [0.25, 0.3) is 0 Å². The molecule has 1 saturated carbocycles.